The van der Waals surface area contributed by atoms with Crippen LogP contribution in [0.5, 0.6) is 0 Å². The lowest BCUT2D eigenvalue weighted by Crippen LogP contribution is -2.44. The molecule has 1 saturated heterocycles. The quantitative estimate of drug-likeness (QED) is 0.760. The summed E-state index contributed by atoms with van der Waals surface area (Å²) in [5.74, 6) is -1.00. The van der Waals surface area contributed by atoms with Gasteiger partial charge in [0.15, 0.2) is 0 Å². The lowest BCUT2D eigenvalue weighted by Gasteiger charge is -2.32. The Bertz CT molecular complexity index is 296. The van der Waals surface area contributed by atoms with E-state index in [0.29, 0.717) is 19.4 Å². The van der Waals surface area contributed by atoms with Gasteiger partial charge in [-0.15, -0.1) is 0 Å². The Kier molecular flexibility index (Phi) is 2.44. The van der Waals surface area contributed by atoms with Crippen LogP contribution < -0.4 is 0 Å². The molecular weight excluding hydrogens is 194 g/mol. The van der Waals surface area contributed by atoms with Crippen LogP contribution in [0.15, 0.2) is 0 Å². The monoisotopic (exact) mass is 211 g/mol. The van der Waals surface area contributed by atoms with Crippen molar-refractivity contribution in [3.8, 4) is 0 Å². The van der Waals surface area contributed by atoms with E-state index in [1.165, 1.54) is 0 Å². The summed E-state index contributed by atoms with van der Waals surface area (Å²) in [4.78, 5) is 24.2. The number of piperidine rings is 1. The van der Waals surface area contributed by atoms with Crippen LogP contribution in [0.3, 0.4) is 0 Å². The molecule has 1 heterocycles. The van der Waals surface area contributed by atoms with Crippen LogP contribution in [-0.4, -0.2) is 35.0 Å². The van der Waals surface area contributed by atoms with Gasteiger partial charge in [-0.1, -0.05) is 6.92 Å². The van der Waals surface area contributed by atoms with Crippen molar-refractivity contribution in [2.45, 2.75) is 32.6 Å². The van der Waals surface area contributed by atoms with E-state index < -0.39 is 5.97 Å². The van der Waals surface area contributed by atoms with Gasteiger partial charge in [0.05, 0.1) is 5.92 Å². The fourth-order valence-electron chi connectivity index (χ4n) is 2.10. The molecule has 2 aliphatic rings. The van der Waals surface area contributed by atoms with Crippen molar-refractivity contribution >= 4 is 11.9 Å². The molecule has 0 aromatic rings. The summed E-state index contributed by atoms with van der Waals surface area (Å²) in [6, 6.07) is 0. The van der Waals surface area contributed by atoms with Gasteiger partial charge < -0.3 is 10.0 Å². The third-order valence-corrected chi connectivity index (χ3v) is 3.53. The Morgan fingerprint density at radius 2 is 2.27 bits per heavy atom. The Morgan fingerprint density at radius 3 is 2.80 bits per heavy atom. The summed E-state index contributed by atoms with van der Waals surface area (Å²) < 4.78 is 0. The summed E-state index contributed by atoms with van der Waals surface area (Å²) >= 11 is 0. The van der Waals surface area contributed by atoms with Gasteiger partial charge in [0.25, 0.3) is 0 Å². The van der Waals surface area contributed by atoms with Gasteiger partial charge in [-0.05, 0) is 24.7 Å². The number of hydrogen-bond acceptors (Lipinski definition) is 2. The number of carbonyl (C=O) groups excluding carboxylic acids is 1. The van der Waals surface area contributed by atoms with Crippen LogP contribution in [0, 0.1) is 11.3 Å². The van der Waals surface area contributed by atoms with Crippen LogP contribution >= 0.6 is 0 Å². The maximum atomic E-state index is 11.6. The van der Waals surface area contributed by atoms with Crippen molar-refractivity contribution in [1.29, 1.82) is 0 Å². The van der Waals surface area contributed by atoms with E-state index in [9.17, 15) is 9.59 Å². The number of aliphatic carboxylic acids is 1. The molecular formula is C11H17NO3. The Balaban J connectivity index is 1.96. The highest BCUT2D eigenvalue weighted by Gasteiger charge is 2.41. The molecule has 1 saturated carbocycles. The molecule has 1 aliphatic carbocycles. The van der Waals surface area contributed by atoms with Gasteiger partial charge >= 0.3 is 5.97 Å². The van der Waals surface area contributed by atoms with E-state index in [1.807, 2.05) is 0 Å². The average molecular weight is 211 g/mol. The average Bonchev–Trinajstić information content (AvgIpc) is 2.87. The summed E-state index contributed by atoms with van der Waals surface area (Å²) in [6.07, 6.45) is 3.22. The van der Waals surface area contributed by atoms with Crippen LogP contribution in [0.2, 0.25) is 0 Å². The Labute approximate surface area is 89.3 Å². The number of likely N-dealkylation sites (tertiary alicyclic amines) is 1. The number of rotatable bonds is 3. The number of carboxylic acids is 1. The van der Waals surface area contributed by atoms with E-state index in [4.69, 9.17) is 5.11 Å². The number of carbonyl (C=O) groups is 2. The molecule has 0 spiro atoms. The van der Waals surface area contributed by atoms with Crippen molar-refractivity contribution in [3.05, 3.63) is 0 Å². The molecule has 15 heavy (non-hydrogen) atoms. The van der Waals surface area contributed by atoms with E-state index in [0.717, 1.165) is 19.4 Å². The molecule has 0 aromatic heterocycles. The van der Waals surface area contributed by atoms with Gasteiger partial charge in [-0.3, -0.25) is 9.59 Å². The number of carboxylic acid groups (broad SMARTS) is 1. The Hall–Kier alpha value is -1.06. The molecule has 0 bridgehead atoms. The summed E-state index contributed by atoms with van der Waals surface area (Å²) in [5, 5.41) is 8.92. The van der Waals surface area contributed by atoms with Gasteiger partial charge in [0.1, 0.15) is 0 Å². The standard InChI is InChI=1S/C11H17NO3/c1-11(4-5-11)7-12-6-8(10(14)15)2-3-9(12)13/h8H,2-7H2,1H3,(H,14,15). The third kappa shape index (κ3) is 2.30. The molecule has 0 radical (unpaired) electrons. The van der Waals surface area contributed by atoms with Gasteiger partial charge in [0, 0.05) is 19.5 Å². The summed E-state index contributed by atoms with van der Waals surface area (Å²) in [6.45, 7) is 3.31. The molecule has 1 amide bonds. The first kappa shape index (κ1) is 10.5. The first-order valence-electron chi connectivity index (χ1n) is 5.51. The number of hydrogen-bond donors (Lipinski definition) is 1. The minimum Gasteiger partial charge on any atom is -0.481 e. The van der Waals surface area contributed by atoms with Crippen molar-refractivity contribution in [2.75, 3.05) is 13.1 Å². The molecule has 2 rings (SSSR count). The van der Waals surface area contributed by atoms with Gasteiger partial charge in [-0.25, -0.2) is 0 Å². The van der Waals surface area contributed by atoms with Crippen molar-refractivity contribution in [3.63, 3.8) is 0 Å². The molecule has 1 N–H and O–H groups in total. The molecule has 4 heteroatoms. The first-order chi connectivity index (χ1) is 7.00. The van der Waals surface area contributed by atoms with Crippen LogP contribution in [0.4, 0.5) is 0 Å². The highest BCUT2D eigenvalue weighted by Crippen LogP contribution is 2.46. The molecule has 1 unspecified atom stereocenters. The molecule has 0 aromatic carbocycles. The second-order valence-electron chi connectivity index (χ2n) is 5.16. The van der Waals surface area contributed by atoms with Crippen LogP contribution in [0.1, 0.15) is 32.6 Å². The molecule has 1 aliphatic heterocycles. The minimum absolute atomic E-state index is 0.126. The fraction of sp³-hybridized carbons (Fsp3) is 0.818. The van der Waals surface area contributed by atoms with Gasteiger partial charge in [0.2, 0.25) is 5.91 Å². The van der Waals surface area contributed by atoms with Crippen molar-refractivity contribution in [1.82, 2.24) is 4.90 Å². The maximum Gasteiger partial charge on any atom is 0.308 e. The lowest BCUT2D eigenvalue weighted by molar-refractivity contribution is -0.147. The summed E-state index contributed by atoms with van der Waals surface area (Å²) in [5.41, 5.74) is 0.274. The highest BCUT2D eigenvalue weighted by molar-refractivity contribution is 5.80. The predicted octanol–water partition coefficient (Wildman–Crippen LogP) is 1.11. The normalized spacial score (nSPS) is 29.0. The van der Waals surface area contributed by atoms with E-state index in [-0.39, 0.29) is 17.2 Å². The topological polar surface area (TPSA) is 57.6 Å². The van der Waals surface area contributed by atoms with Crippen molar-refractivity contribution in [2.24, 2.45) is 11.3 Å². The first-order valence-corrected chi connectivity index (χ1v) is 5.51. The fourth-order valence-corrected chi connectivity index (χ4v) is 2.10. The molecule has 84 valence electrons. The molecule has 1 atom stereocenters. The highest BCUT2D eigenvalue weighted by atomic mass is 16.4. The zero-order valence-electron chi connectivity index (χ0n) is 9.03. The number of nitrogens with zero attached hydrogens (tertiary/aromatic N) is 1. The third-order valence-electron chi connectivity index (χ3n) is 3.53. The number of amides is 1. The lowest BCUT2D eigenvalue weighted by atomic mass is 9.96. The smallest absolute Gasteiger partial charge is 0.308 e. The minimum atomic E-state index is -0.770. The maximum absolute atomic E-state index is 11.6. The zero-order valence-corrected chi connectivity index (χ0v) is 9.03. The zero-order chi connectivity index (χ0) is 11.1. The van der Waals surface area contributed by atoms with Crippen LogP contribution in [-0.2, 0) is 9.59 Å². The van der Waals surface area contributed by atoms with Gasteiger partial charge in [-0.2, -0.15) is 0 Å². The molecule has 4 nitrogen and oxygen atoms in total. The largest absolute Gasteiger partial charge is 0.481 e. The SMILES string of the molecule is CC1(CN2CC(C(=O)O)CCC2=O)CC1. The summed E-state index contributed by atoms with van der Waals surface area (Å²) in [7, 11) is 0. The second-order valence-corrected chi connectivity index (χ2v) is 5.16. The van der Waals surface area contributed by atoms with E-state index in [1.54, 1.807) is 4.90 Å². The second kappa shape index (κ2) is 3.51. The van der Waals surface area contributed by atoms with Crippen LogP contribution in [0.25, 0.3) is 0 Å². The molecule has 2 fully saturated rings. The van der Waals surface area contributed by atoms with Crippen molar-refractivity contribution < 1.29 is 14.7 Å². The Morgan fingerprint density at radius 1 is 1.60 bits per heavy atom. The van der Waals surface area contributed by atoms with E-state index >= 15 is 0 Å². The van der Waals surface area contributed by atoms with E-state index in [2.05, 4.69) is 6.92 Å². The predicted molar refractivity (Wildman–Crippen MR) is 54.3 cm³/mol.